The molecule has 0 amide bonds. The molecule has 36 heavy (non-hydrogen) atoms. The maximum absolute atomic E-state index is 13.7. The maximum Gasteiger partial charge on any atom is 0.167 e. The van der Waals surface area contributed by atoms with Crippen molar-refractivity contribution in [3.8, 4) is 11.8 Å². The molecule has 1 atom stereocenters. The number of ketones is 1. The van der Waals surface area contributed by atoms with Crippen LogP contribution in [-0.2, 0) is 19.4 Å². The molecule has 1 aromatic rings. The van der Waals surface area contributed by atoms with Gasteiger partial charge in [-0.3, -0.25) is 4.79 Å². The highest BCUT2D eigenvalue weighted by atomic mass is 32.2. The van der Waals surface area contributed by atoms with Crippen molar-refractivity contribution < 1.29 is 13.7 Å². The fourth-order valence-corrected chi connectivity index (χ4v) is 11.2. The van der Waals surface area contributed by atoms with Crippen LogP contribution in [0.5, 0.6) is 0 Å². The van der Waals surface area contributed by atoms with Gasteiger partial charge in [0, 0.05) is 37.8 Å². The molecule has 0 saturated carbocycles. The first-order chi connectivity index (χ1) is 16.6. The number of ether oxygens (including phenoxy) is 1. The van der Waals surface area contributed by atoms with Gasteiger partial charge >= 0.3 is 0 Å². The predicted octanol–water partition coefficient (Wildman–Crippen LogP) is 6.50. The molecule has 1 spiro atoms. The van der Waals surface area contributed by atoms with E-state index in [2.05, 4.69) is 62.1 Å². The summed E-state index contributed by atoms with van der Waals surface area (Å²) in [7, 11) is -2.83. The van der Waals surface area contributed by atoms with Crippen LogP contribution in [0.25, 0.3) is 5.57 Å². The van der Waals surface area contributed by atoms with E-state index in [-0.39, 0.29) is 16.2 Å². The fraction of sp³-hybridized carbons (Fsp3) is 0.621. The van der Waals surface area contributed by atoms with Crippen LogP contribution in [0.4, 0.5) is 0 Å². The number of hydrogen-bond donors (Lipinski definition) is 0. The van der Waals surface area contributed by atoms with Crippen LogP contribution in [0.15, 0.2) is 21.9 Å². The molecule has 1 fully saturated rings. The Kier molecular flexibility index (Phi) is 8.06. The average Bonchev–Trinajstić information content (AvgIpc) is 2.73. The third-order valence-corrected chi connectivity index (χ3v) is 16.6. The second kappa shape index (κ2) is 10.1. The molecule has 0 N–H and O–H groups in total. The first-order valence-electron chi connectivity index (χ1n) is 12.9. The van der Waals surface area contributed by atoms with Crippen LogP contribution in [0.2, 0.25) is 18.1 Å². The van der Waals surface area contributed by atoms with Crippen LogP contribution in [0, 0.1) is 31.1 Å². The first-order valence-corrected chi connectivity index (χ1v) is 17.7. The van der Waals surface area contributed by atoms with E-state index in [1.54, 1.807) is 13.4 Å². The number of piperidine rings is 1. The summed E-state index contributed by atoms with van der Waals surface area (Å²) in [6.45, 7) is 18.3. The van der Waals surface area contributed by atoms with Crippen LogP contribution in [-0.4, -0.2) is 49.0 Å². The van der Waals surface area contributed by atoms with Gasteiger partial charge in [0.15, 0.2) is 5.78 Å². The minimum atomic E-state index is -2.46. The summed E-state index contributed by atoms with van der Waals surface area (Å²) in [6, 6.07) is 4.11. The molecule has 1 aromatic carbocycles. The Hall–Kier alpha value is -1.88. The summed E-state index contributed by atoms with van der Waals surface area (Å²) in [5.41, 5.74) is 4.63. The molecule has 1 aliphatic heterocycles. The van der Waals surface area contributed by atoms with Crippen molar-refractivity contribution in [2.45, 2.75) is 85.4 Å². The Labute approximate surface area is 220 Å². The van der Waals surface area contributed by atoms with Gasteiger partial charge in [0.2, 0.25) is 0 Å². The summed E-state index contributed by atoms with van der Waals surface area (Å²) in [5.74, 6) is 7.01. The number of nitrogens with zero attached hydrogens (tertiary/aromatic N) is 2. The molecule has 0 aromatic heterocycles. The Morgan fingerprint density at radius 2 is 1.67 bits per heavy atom. The SMILES string of the molecule is CC#Cc1cc(C)c(C2=C(OC)CC3(CCN(S(C)(=O)=N[Si-](C)(C)C(C)(C)C)CC3)CC2=O)c(C)c1. The maximum atomic E-state index is 13.7. The number of allylic oxidation sites excluding steroid dienone is 2. The van der Waals surface area contributed by atoms with Gasteiger partial charge in [0.1, 0.15) is 5.76 Å². The number of Topliss-reactive ketones (excluding diaryl/α,β-unsaturated/α-hetero) is 1. The summed E-state index contributed by atoms with van der Waals surface area (Å²) < 4.78 is 26.7. The molecular formula is C29H44N2O3SSi-. The van der Waals surface area contributed by atoms with Crippen molar-refractivity contribution in [3.63, 3.8) is 0 Å². The molecule has 1 heterocycles. The van der Waals surface area contributed by atoms with Gasteiger partial charge < -0.3 is 8.77 Å². The van der Waals surface area contributed by atoms with Crippen LogP contribution in [0.3, 0.4) is 0 Å². The van der Waals surface area contributed by atoms with Gasteiger partial charge in [-0.1, -0.05) is 26.7 Å². The molecule has 1 saturated heterocycles. The van der Waals surface area contributed by atoms with Crippen molar-refractivity contribution in [2.24, 2.45) is 9.44 Å². The summed E-state index contributed by atoms with van der Waals surface area (Å²) >= 11 is 0. The van der Waals surface area contributed by atoms with Crippen molar-refractivity contribution in [2.75, 3.05) is 26.5 Å². The Bertz CT molecular complexity index is 1240. The molecule has 3 rings (SSSR count). The zero-order valence-electron chi connectivity index (χ0n) is 23.9. The van der Waals surface area contributed by atoms with Gasteiger partial charge in [0.25, 0.3) is 0 Å². The van der Waals surface area contributed by atoms with Gasteiger partial charge in [-0.2, -0.15) is 0 Å². The first kappa shape index (κ1) is 28.7. The molecule has 199 valence electrons. The highest BCUT2D eigenvalue weighted by Crippen LogP contribution is 2.49. The van der Waals surface area contributed by atoms with Crippen molar-refractivity contribution >= 4 is 29.5 Å². The molecule has 2 aliphatic rings. The standard InChI is InChI=1S/C29H44N2O3SSi/c1-11-12-23-17-21(2)26(22(3)18-23)27-24(32)19-29(20-25(27)34-7)13-15-31(16-14-29)35(8,33)30-36(9,10)28(4,5)6/h17-18H,13-16,19-20H2,1-10H3/q-1. The quantitative estimate of drug-likeness (QED) is 0.331. The number of hydrogen-bond acceptors (Lipinski definition) is 4. The Morgan fingerprint density at radius 1 is 1.11 bits per heavy atom. The van der Waals surface area contributed by atoms with Gasteiger partial charge in [0.05, 0.1) is 22.6 Å². The van der Waals surface area contributed by atoms with E-state index < -0.39 is 18.2 Å². The number of carbonyl (C=O) groups is 1. The molecule has 0 radical (unpaired) electrons. The topological polar surface area (TPSA) is 59.0 Å². The highest BCUT2D eigenvalue weighted by Gasteiger charge is 2.44. The summed E-state index contributed by atoms with van der Waals surface area (Å²) in [5, 5.41) is 0.0462. The largest absolute Gasteiger partial charge is 0.500 e. The van der Waals surface area contributed by atoms with E-state index in [0.29, 0.717) is 19.5 Å². The summed E-state index contributed by atoms with van der Waals surface area (Å²) in [6.07, 6.45) is 4.68. The van der Waals surface area contributed by atoms with Crippen molar-refractivity contribution in [1.29, 1.82) is 0 Å². The van der Waals surface area contributed by atoms with E-state index in [9.17, 15) is 9.00 Å². The monoisotopic (exact) mass is 528 g/mol. The van der Waals surface area contributed by atoms with Crippen LogP contribution in [0.1, 0.15) is 75.6 Å². The van der Waals surface area contributed by atoms with Gasteiger partial charge in [-0.05, 0) is 76.1 Å². The van der Waals surface area contributed by atoms with Crippen LogP contribution < -0.4 is 0 Å². The summed E-state index contributed by atoms with van der Waals surface area (Å²) in [4.78, 5) is 13.7. The minimum absolute atomic E-state index is 0.0462. The third-order valence-electron chi connectivity index (χ3n) is 8.42. The second-order valence-electron chi connectivity index (χ2n) is 12.2. The van der Waals surface area contributed by atoms with E-state index >= 15 is 0 Å². The van der Waals surface area contributed by atoms with Crippen LogP contribution >= 0.6 is 0 Å². The number of aryl methyl sites for hydroxylation is 2. The highest BCUT2D eigenvalue weighted by molar-refractivity contribution is 7.91. The van der Waals surface area contributed by atoms with Gasteiger partial charge in [-0.15, -0.1) is 24.1 Å². The Balaban J connectivity index is 1.90. The molecular weight excluding hydrogens is 484 g/mol. The number of benzene rings is 1. The number of rotatable bonds is 4. The third kappa shape index (κ3) is 5.66. The predicted molar refractivity (Wildman–Crippen MR) is 154 cm³/mol. The van der Waals surface area contributed by atoms with E-state index in [0.717, 1.165) is 52.8 Å². The minimum Gasteiger partial charge on any atom is -0.500 e. The van der Waals surface area contributed by atoms with Crippen molar-refractivity contribution in [1.82, 2.24) is 4.31 Å². The molecule has 5 nitrogen and oxygen atoms in total. The smallest absolute Gasteiger partial charge is 0.167 e. The molecule has 1 unspecified atom stereocenters. The lowest BCUT2D eigenvalue weighted by Gasteiger charge is -2.48. The number of methoxy groups -OCH3 is 1. The molecule has 1 aliphatic carbocycles. The zero-order valence-corrected chi connectivity index (χ0v) is 25.7. The van der Waals surface area contributed by atoms with E-state index in [1.807, 2.05) is 20.8 Å². The Morgan fingerprint density at radius 3 is 2.14 bits per heavy atom. The second-order valence-corrected chi connectivity index (χ2v) is 19.6. The zero-order chi connectivity index (χ0) is 27.1. The lowest BCUT2D eigenvalue weighted by atomic mass is 9.66. The van der Waals surface area contributed by atoms with Gasteiger partial charge in [-0.25, -0.2) is 8.51 Å². The molecule has 0 bridgehead atoms. The number of carbonyl (C=O) groups excluding carboxylic acids is 1. The average molecular weight is 529 g/mol. The normalized spacial score (nSPS) is 20.6. The molecule has 7 heteroatoms. The van der Waals surface area contributed by atoms with E-state index in [1.165, 1.54) is 0 Å². The lowest BCUT2D eigenvalue weighted by Crippen LogP contribution is -2.46. The fourth-order valence-electron chi connectivity index (χ4n) is 5.37. The van der Waals surface area contributed by atoms with Crippen molar-refractivity contribution in [3.05, 3.63) is 40.1 Å². The van der Waals surface area contributed by atoms with E-state index in [4.69, 9.17) is 8.77 Å². The lowest BCUT2D eigenvalue weighted by molar-refractivity contribution is -0.117.